The normalized spacial score (nSPS) is 11.3. The molecule has 1 N–H and O–H groups in total. The molecule has 0 aliphatic carbocycles. The molecule has 0 aromatic heterocycles. The zero-order chi connectivity index (χ0) is 19.6. The Hall–Kier alpha value is -2.62. The first-order chi connectivity index (χ1) is 12.0. The number of rotatable bonds is 5. The minimum atomic E-state index is -3.95. The zero-order valence-corrected chi connectivity index (χ0v) is 14.4. The van der Waals surface area contributed by atoms with Crippen molar-refractivity contribution in [2.45, 2.75) is 13.5 Å². The van der Waals surface area contributed by atoms with Gasteiger partial charge in [-0.3, -0.25) is 4.79 Å². The fraction of sp³-hybridized carbons (Fsp3) is 0.188. The first kappa shape index (κ1) is 19.7. The van der Waals surface area contributed by atoms with E-state index >= 15 is 0 Å². The Morgan fingerprint density at radius 3 is 2.35 bits per heavy atom. The van der Waals surface area contributed by atoms with Gasteiger partial charge in [0.1, 0.15) is 24.0 Å². The number of nitrogens with one attached hydrogen (secondary N) is 1. The van der Waals surface area contributed by atoms with Crippen molar-refractivity contribution in [3.05, 3.63) is 64.2 Å². The molecule has 5 nitrogen and oxygen atoms in total. The van der Waals surface area contributed by atoms with Gasteiger partial charge in [0.15, 0.2) is 11.6 Å². The standard InChI is InChI=1S/C16H13F4NO4S/c1-8-14(4-3-11(17)15(8)20)25-7-9-5-13(19)10(6-12(9)18)16(22)21-26(2,23)24/h3-6H,7H2,1-2H3,(H,21,22). The van der Waals surface area contributed by atoms with Crippen LogP contribution in [0.15, 0.2) is 24.3 Å². The Bertz CT molecular complexity index is 977. The molecule has 140 valence electrons. The summed E-state index contributed by atoms with van der Waals surface area (Å²) < 4.78 is 83.2. The van der Waals surface area contributed by atoms with Gasteiger partial charge in [0.2, 0.25) is 10.0 Å². The van der Waals surface area contributed by atoms with Crippen LogP contribution in [0.3, 0.4) is 0 Å². The summed E-state index contributed by atoms with van der Waals surface area (Å²) in [4.78, 5) is 11.6. The Morgan fingerprint density at radius 2 is 1.73 bits per heavy atom. The second-order valence-corrected chi connectivity index (χ2v) is 7.15. The van der Waals surface area contributed by atoms with Gasteiger partial charge in [0.25, 0.3) is 5.91 Å². The van der Waals surface area contributed by atoms with Crippen LogP contribution in [0, 0.1) is 30.2 Å². The van der Waals surface area contributed by atoms with Crippen LogP contribution in [0.5, 0.6) is 5.75 Å². The van der Waals surface area contributed by atoms with Crippen molar-refractivity contribution in [3.63, 3.8) is 0 Å². The summed E-state index contributed by atoms with van der Waals surface area (Å²) in [5.74, 6) is -5.80. The van der Waals surface area contributed by atoms with Crippen LogP contribution in [-0.4, -0.2) is 20.6 Å². The number of amides is 1. The van der Waals surface area contributed by atoms with Gasteiger partial charge in [-0.05, 0) is 31.2 Å². The monoisotopic (exact) mass is 391 g/mol. The minimum Gasteiger partial charge on any atom is -0.488 e. The van der Waals surface area contributed by atoms with Crippen molar-refractivity contribution in [2.75, 3.05) is 6.26 Å². The number of halogens is 4. The van der Waals surface area contributed by atoms with Crippen molar-refractivity contribution < 1.29 is 35.5 Å². The lowest BCUT2D eigenvalue weighted by Crippen LogP contribution is -2.30. The molecule has 2 aromatic carbocycles. The molecule has 0 bridgehead atoms. The van der Waals surface area contributed by atoms with Crippen molar-refractivity contribution in [3.8, 4) is 5.75 Å². The molecule has 1 amide bonds. The van der Waals surface area contributed by atoms with Gasteiger partial charge in [0, 0.05) is 11.1 Å². The molecule has 2 aromatic rings. The van der Waals surface area contributed by atoms with Gasteiger partial charge in [-0.1, -0.05) is 0 Å². The van der Waals surface area contributed by atoms with Crippen molar-refractivity contribution in [1.29, 1.82) is 0 Å². The second kappa shape index (κ2) is 7.32. The van der Waals surface area contributed by atoms with Gasteiger partial charge in [0.05, 0.1) is 11.8 Å². The molecule has 26 heavy (non-hydrogen) atoms. The van der Waals surface area contributed by atoms with Crippen LogP contribution in [0.25, 0.3) is 0 Å². The van der Waals surface area contributed by atoms with E-state index in [2.05, 4.69) is 0 Å². The summed E-state index contributed by atoms with van der Waals surface area (Å²) in [5, 5.41) is 0. The number of hydrogen-bond acceptors (Lipinski definition) is 4. The number of benzene rings is 2. The molecular weight excluding hydrogens is 378 g/mol. The largest absolute Gasteiger partial charge is 0.488 e. The van der Waals surface area contributed by atoms with E-state index < -0.39 is 51.4 Å². The Balaban J connectivity index is 2.23. The van der Waals surface area contributed by atoms with Crippen LogP contribution < -0.4 is 9.46 Å². The Morgan fingerprint density at radius 1 is 1.08 bits per heavy atom. The highest BCUT2D eigenvalue weighted by molar-refractivity contribution is 7.89. The fourth-order valence-corrected chi connectivity index (χ4v) is 2.49. The molecule has 0 aliphatic rings. The lowest BCUT2D eigenvalue weighted by molar-refractivity contribution is 0.0977. The number of carbonyl (C=O) groups excluding carboxylic acids is 1. The molecule has 2 rings (SSSR count). The van der Waals surface area contributed by atoms with E-state index in [1.807, 2.05) is 0 Å². The quantitative estimate of drug-likeness (QED) is 0.796. The van der Waals surface area contributed by atoms with E-state index in [-0.39, 0.29) is 16.9 Å². The third-order valence-electron chi connectivity index (χ3n) is 3.33. The van der Waals surface area contributed by atoms with Gasteiger partial charge >= 0.3 is 0 Å². The number of hydrogen-bond donors (Lipinski definition) is 1. The molecule has 0 atom stereocenters. The van der Waals surface area contributed by atoms with Crippen LogP contribution in [0.2, 0.25) is 0 Å². The highest BCUT2D eigenvalue weighted by Gasteiger charge is 2.19. The van der Waals surface area contributed by atoms with Crippen molar-refractivity contribution in [1.82, 2.24) is 4.72 Å². The lowest BCUT2D eigenvalue weighted by atomic mass is 10.1. The molecule has 0 saturated carbocycles. The van der Waals surface area contributed by atoms with Gasteiger partial charge in [-0.2, -0.15) is 0 Å². The molecule has 0 saturated heterocycles. The molecule has 0 spiro atoms. The van der Waals surface area contributed by atoms with Gasteiger partial charge in [-0.15, -0.1) is 0 Å². The third kappa shape index (κ3) is 4.51. The van der Waals surface area contributed by atoms with Crippen LogP contribution in [-0.2, 0) is 16.6 Å². The maximum atomic E-state index is 14.1. The van der Waals surface area contributed by atoms with Crippen LogP contribution >= 0.6 is 0 Å². The average molecular weight is 391 g/mol. The number of sulfonamides is 1. The van der Waals surface area contributed by atoms with E-state index in [0.29, 0.717) is 18.4 Å². The van der Waals surface area contributed by atoms with E-state index in [1.54, 1.807) is 0 Å². The van der Waals surface area contributed by atoms with Crippen molar-refractivity contribution >= 4 is 15.9 Å². The first-order valence-corrected chi connectivity index (χ1v) is 8.96. The minimum absolute atomic E-state index is 0.0670. The highest BCUT2D eigenvalue weighted by atomic mass is 32.2. The predicted octanol–water partition coefficient (Wildman–Crippen LogP) is 2.82. The number of carbonyl (C=O) groups is 1. The molecule has 0 unspecified atom stereocenters. The lowest BCUT2D eigenvalue weighted by Gasteiger charge is -2.12. The maximum Gasteiger partial charge on any atom is 0.267 e. The average Bonchev–Trinajstić information content (AvgIpc) is 2.52. The van der Waals surface area contributed by atoms with E-state index in [4.69, 9.17) is 4.74 Å². The third-order valence-corrected chi connectivity index (χ3v) is 3.89. The molecule has 0 radical (unpaired) electrons. The second-order valence-electron chi connectivity index (χ2n) is 5.40. The number of ether oxygens (including phenoxy) is 1. The van der Waals surface area contributed by atoms with Gasteiger partial charge < -0.3 is 4.74 Å². The molecule has 0 fully saturated rings. The molecule has 0 aliphatic heterocycles. The smallest absolute Gasteiger partial charge is 0.267 e. The summed E-state index contributed by atoms with van der Waals surface area (Å²) >= 11 is 0. The molecular formula is C16H13F4NO4S. The van der Waals surface area contributed by atoms with E-state index in [1.165, 1.54) is 11.6 Å². The van der Waals surface area contributed by atoms with Gasteiger partial charge in [-0.25, -0.2) is 30.7 Å². The predicted molar refractivity (Wildman–Crippen MR) is 84.1 cm³/mol. The Kier molecular flexibility index (Phi) is 5.55. The fourth-order valence-electron chi connectivity index (χ4n) is 2.04. The first-order valence-electron chi connectivity index (χ1n) is 7.07. The summed E-state index contributed by atoms with van der Waals surface area (Å²) in [7, 11) is -3.95. The highest BCUT2D eigenvalue weighted by Crippen LogP contribution is 2.24. The van der Waals surface area contributed by atoms with Crippen molar-refractivity contribution in [2.24, 2.45) is 0 Å². The zero-order valence-electron chi connectivity index (χ0n) is 13.6. The Labute approximate surface area is 146 Å². The summed E-state index contributed by atoms with van der Waals surface area (Å²) in [6, 6.07) is 3.14. The van der Waals surface area contributed by atoms with E-state index in [0.717, 1.165) is 12.1 Å². The van der Waals surface area contributed by atoms with E-state index in [9.17, 15) is 30.8 Å². The molecule has 10 heteroatoms. The SMILES string of the molecule is Cc1c(OCc2cc(F)c(C(=O)NS(C)(=O)=O)cc2F)ccc(F)c1F. The summed E-state index contributed by atoms with van der Waals surface area (Å²) in [6.07, 6.45) is 0.686. The topological polar surface area (TPSA) is 72.5 Å². The molecule has 0 heterocycles. The summed E-state index contributed by atoms with van der Waals surface area (Å²) in [5.41, 5.74) is -1.25. The maximum absolute atomic E-state index is 14.1. The summed E-state index contributed by atoms with van der Waals surface area (Å²) in [6.45, 7) is 0.728. The van der Waals surface area contributed by atoms with Crippen LogP contribution in [0.1, 0.15) is 21.5 Å². The van der Waals surface area contributed by atoms with Crippen LogP contribution in [0.4, 0.5) is 17.6 Å².